The number of fused-ring (bicyclic) bond motifs is 2. The molecule has 39 heavy (non-hydrogen) atoms. The van der Waals surface area contributed by atoms with Crippen LogP contribution in [-0.4, -0.2) is 59.4 Å². The first-order valence-electron chi connectivity index (χ1n) is 15.6. The second kappa shape index (κ2) is 11.5. The van der Waals surface area contributed by atoms with Crippen molar-refractivity contribution >= 4 is 35.0 Å². The Hall–Kier alpha value is -0.152. The molecule has 3 saturated heterocycles. The number of ether oxygens (including phenoxy) is 2. The van der Waals surface area contributed by atoms with Crippen LogP contribution in [0.25, 0.3) is 0 Å². The molecule has 1 aromatic carbocycles. The number of hydrogen-bond donors (Lipinski definition) is 0. The Morgan fingerprint density at radius 3 is 1.74 bits per heavy atom. The van der Waals surface area contributed by atoms with Crippen LogP contribution in [0.15, 0.2) is 30.3 Å². The van der Waals surface area contributed by atoms with Crippen molar-refractivity contribution in [3.8, 4) is 0 Å². The molecule has 3 aliphatic heterocycles. The molecule has 2 aliphatic carbocycles. The molecule has 5 fully saturated rings. The van der Waals surface area contributed by atoms with Crippen LogP contribution in [0.1, 0.15) is 69.8 Å². The molecule has 5 aliphatic rings. The van der Waals surface area contributed by atoms with Gasteiger partial charge in [0.15, 0.2) is 0 Å². The fraction of sp³-hybridized carbons (Fsp3) is 0.793. The van der Waals surface area contributed by atoms with E-state index in [1.54, 1.807) is 0 Å². The minimum Gasteiger partial charge on any atom is -0.416 e. The smallest absolute Gasteiger partial charge is 0.362 e. The van der Waals surface area contributed by atoms with E-state index in [1.807, 2.05) is 0 Å². The van der Waals surface area contributed by atoms with Gasteiger partial charge < -0.3 is 25.9 Å². The Kier molecular flexibility index (Phi) is 8.53. The summed E-state index contributed by atoms with van der Waals surface area (Å²) >= 11 is 0. The summed E-state index contributed by atoms with van der Waals surface area (Å²) in [5.74, 6) is 1.83. The number of rotatable bonds is 9. The van der Waals surface area contributed by atoms with Crippen LogP contribution >= 0.6 is 0 Å². The zero-order valence-corrected chi connectivity index (χ0v) is 28.7. The van der Waals surface area contributed by atoms with E-state index in [-0.39, 0.29) is 0 Å². The molecule has 3 heterocycles. The fourth-order valence-corrected chi connectivity index (χ4v) is 27.6. The zero-order chi connectivity index (χ0) is 27.3. The lowest BCUT2D eigenvalue weighted by Crippen LogP contribution is -2.63. The van der Waals surface area contributed by atoms with Crippen molar-refractivity contribution in [3.63, 3.8) is 0 Å². The maximum atomic E-state index is 7.33. The minimum atomic E-state index is -2.61. The van der Waals surface area contributed by atoms with Gasteiger partial charge in [-0.3, -0.25) is 0 Å². The Balaban J connectivity index is 1.17. The molecule has 0 amide bonds. The summed E-state index contributed by atoms with van der Waals surface area (Å²) in [5, 5.41) is 0. The minimum absolute atomic E-state index is 0.370. The standard InChI is InChI=1S/C29H49O6Si4/c1-22(25-9-7-6-8-10-25)21-39(5)34-37(3,17-15-23-11-13-26-28(19-23)30-26)32-36(2)33-38(4,35-39)18-16-24-12-14-27-29(20-24)31-27/h6-10,22-24,26-29H,11-21H2,1-5H3. The van der Waals surface area contributed by atoms with Gasteiger partial charge in [0, 0.05) is 0 Å². The summed E-state index contributed by atoms with van der Waals surface area (Å²) in [4.78, 5) is 0. The van der Waals surface area contributed by atoms with E-state index in [2.05, 4.69) is 63.4 Å². The maximum absolute atomic E-state index is 7.33. The average molecular weight is 606 g/mol. The van der Waals surface area contributed by atoms with Gasteiger partial charge in [0.2, 0.25) is 0 Å². The lowest BCUT2D eigenvalue weighted by atomic mass is 9.88. The molecule has 6 nitrogen and oxygen atoms in total. The Morgan fingerprint density at radius 2 is 1.26 bits per heavy atom. The van der Waals surface area contributed by atoms with E-state index in [4.69, 9.17) is 25.9 Å². The van der Waals surface area contributed by atoms with Crippen molar-refractivity contribution in [1.29, 1.82) is 0 Å². The lowest BCUT2D eigenvalue weighted by molar-refractivity contribution is 0.230. The van der Waals surface area contributed by atoms with Crippen LogP contribution in [-0.2, 0) is 25.9 Å². The molecule has 217 valence electrons. The largest absolute Gasteiger partial charge is 0.416 e. The first kappa shape index (κ1) is 28.9. The number of hydrogen-bond acceptors (Lipinski definition) is 6. The van der Waals surface area contributed by atoms with Gasteiger partial charge in [0.1, 0.15) is 0 Å². The van der Waals surface area contributed by atoms with Crippen LogP contribution < -0.4 is 0 Å². The Morgan fingerprint density at radius 1 is 0.744 bits per heavy atom. The first-order chi connectivity index (χ1) is 18.6. The third-order valence-corrected chi connectivity index (χ3v) is 26.3. The third kappa shape index (κ3) is 7.44. The van der Waals surface area contributed by atoms with Crippen LogP contribution in [0.3, 0.4) is 0 Å². The summed E-state index contributed by atoms with van der Waals surface area (Å²) in [7, 11) is -9.02. The van der Waals surface area contributed by atoms with Gasteiger partial charge in [-0.1, -0.05) is 37.3 Å². The monoisotopic (exact) mass is 605 g/mol. The molecular formula is C29H49O6Si4. The molecule has 1 aromatic rings. The molecule has 10 heteroatoms. The van der Waals surface area contributed by atoms with Crippen molar-refractivity contribution in [2.24, 2.45) is 11.8 Å². The number of benzene rings is 1. The van der Waals surface area contributed by atoms with Gasteiger partial charge in [0.25, 0.3) is 0 Å². The van der Waals surface area contributed by atoms with Crippen molar-refractivity contribution in [1.82, 2.24) is 0 Å². The van der Waals surface area contributed by atoms with Gasteiger partial charge in [0.05, 0.1) is 24.4 Å². The Labute approximate surface area is 241 Å². The SMILES string of the molecule is CC(C[Si]1(C)O[Si](C)(CCC2CCC3OC3C2)O[Si](C)O[Si](C)(CCC2CCC3OC3C2)O1)c1ccccc1. The second-order valence-electron chi connectivity index (χ2n) is 13.7. The predicted octanol–water partition coefficient (Wildman–Crippen LogP) is 7.12. The van der Waals surface area contributed by atoms with Gasteiger partial charge in [-0.2, -0.15) is 0 Å². The Bertz CT molecular complexity index is 938. The van der Waals surface area contributed by atoms with Gasteiger partial charge in [-0.25, -0.2) is 0 Å². The summed E-state index contributed by atoms with van der Waals surface area (Å²) in [5.41, 5.74) is 1.36. The maximum Gasteiger partial charge on any atom is 0.362 e. The summed E-state index contributed by atoms with van der Waals surface area (Å²) in [6.45, 7) is 11.4. The van der Waals surface area contributed by atoms with Crippen molar-refractivity contribution in [2.75, 3.05) is 0 Å². The molecule has 0 spiro atoms. The molecular weight excluding hydrogens is 557 g/mol. The van der Waals surface area contributed by atoms with Crippen molar-refractivity contribution in [2.45, 2.75) is 133 Å². The first-order valence-corrected chi connectivity index (χ1v) is 25.0. The van der Waals surface area contributed by atoms with Crippen LogP contribution in [0.4, 0.5) is 0 Å². The highest BCUT2D eigenvalue weighted by molar-refractivity contribution is 6.90. The fourth-order valence-electron chi connectivity index (χ4n) is 7.78. The van der Waals surface area contributed by atoms with Crippen LogP contribution in [0.2, 0.25) is 44.3 Å². The highest BCUT2D eigenvalue weighted by atomic mass is 28.5. The van der Waals surface area contributed by atoms with E-state index in [0.29, 0.717) is 30.3 Å². The molecule has 0 N–H and O–H groups in total. The molecule has 0 aromatic heterocycles. The van der Waals surface area contributed by atoms with E-state index >= 15 is 0 Å². The van der Waals surface area contributed by atoms with Crippen LogP contribution in [0.5, 0.6) is 0 Å². The molecule has 6 rings (SSSR count). The van der Waals surface area contributed by atoms with E-state index in [1.165, 1.54) is 56.9 Å². The quantitative estimate of drug-likeness (QED) is 0.221. The predicted molar refractivity (Wildman–Crippen MR) is 161 cm³/mol. The highest BCUT2D eigenvalue weighted by Crippen LogP contribution is 2.45. The normalized spacial score (nSPS) is 44.9. The van der Waals surface area contributed by atoms with Crippen molar-refractivity contribution < 1.29 is 25.9 Å². The number of epoxide rings is 2. The van der Waals surface area contributed by atoms with Crippen LogP contribution in [0, 0.1) is 11.8 Å². The topological polar surface area (TPSA) is 62.0 Å². The molecule has 9 unspecified atom stereocenters. The van der Waals surface area contributed by atoms with Crippen molar-refractivity contribution in [3.05, 3.63) is 35.9 Å². The molecule has 0 bridgehead atoms. The third-order valence-electron chi connectivity index (χ3n) is 9.87. The van der Waals surface area contributed by atoms with Gasteiger partial charge in [-0.05, 0) is 119 Å². The summed E-state index contributed by atoms with van der Waals surface area (Å²) in [6.07, 6.45) is 11.9. The summed E-state index contributed by atoms with van der Waals surface area (Å²) < 4.78 is 40.2. The van der Waals surface area contributed by atoms with E-state index in [9.17, 15) is 0 Å². The molecule has 9 atom stereocenters. The second-order valence-corrected chi connectivity index (χ2v) is 26.1. The zero-order valence-electron chi connectivity index (χ0n) is 24.7. The molecule has 1 radical (unpaired) electrons. The van der Waals surface area contributed by atoms with Gasteiger partial charge in [-0.15, -0.1) is 0 Å². The average Bonchev–Trinajstić information content (AvgIpc) is 3.80. The lowest BCUT2D eigenvalue weighted by Gasteiger charge is -2.47. The highest BCUT2D eigenvalue weighted by Gasteiger charge is 2.54. The van der Waals surface area contributed by atoms with E-state index < -0.39 is 35.0 Å². The summed E-state index contributed by atoms with van der Waals surface area (Å²) in [6, 6.07) is 13.8. The van der Waals surface area contributed by atoms with Gasteiger partial charge >= 0.3 is 35.0 Å². The molecule has 2 saturated carbocycles. The van der Waals surface area contributed by atoms with E-state index in [0.717, 1.165) is 30.0 Å².